The lowest BCUT2D eigenvalue weighted by molar-refractivity contribution is 0.374. The van der Waals surface area contributed by atoms with Crippen molar-refractivity contribution < 1.29 is 4.39 Å². The minimum Gasteiger partial charge on any atom is -0.243 e. The summed E-state index contributed by atoms with van der Waals surface area (Å²) in [7, 11) is 0. The summed E-state index contributed by atoms with van der Waals surface area (Å²) in [4.78, 5) is 0. The van der Waals surface area contributed by atoms with Crippen molar-refractivity contribution in [1.82, 2.24) is 0 Å². The highest BCUT2D eigenvalue weighted by molar-refractivity contribution is 5.23. The Balaban J connectivity index is 2.71. The lowest BCUT2D eigenvalue weighted by atomic mass is 10.1. The fraction of sp³-hybridized carbons (Fsp3) is 0.455. The topological polar surface area (TPSA) is 0 Å². The van der Waals surface area contributed by atoms with Crippen LogP contribution in [0, 0.1) is 0 Å². The van der Waals surface area contributed by atoms with Gasteiger partial charge in [-0.2, -0.15) is 0 Å². The van der Waals surface area contributed by atoms with Crippen molar-refractivity contribution in [1.29, 1.82) is 0 Å². The molecule has 0 nitrogen and oxygen atoms in total. The van der Waals surface area contributed by atoms with Crippen LogP contribution in [-0.4, -0.2) is 0 Å². The van der Waals surface area contributed by atoms with Crippen molar-refractivity contribution in [2.24, 2.45) is 0 Å². The highest BCUT2D eigenvalue weighted by atomic mass is 19.1. The second kappa shape index (κ2) is 4.24. The van der Waals surface area contributed by atoms with Crippen LogP contribution in [0.2, 0.25) is 0 Å². The zero-order valence-electron chi connectivity index (χ0n) is 7.68. The fourth-order valence-corrected chi connectivity index (χ4v) is 1.24. The maximum Gasteiger partial charge on any atom is 0.122 e. The third kappa shape index (κ3) is 2.33. The van der Waals surface area contributed by atoms with Gasteiger partial charge in [0, 0.05) is 0 Å². The van der Waals surface area contributed by atoms with E-state index < -0.39 is 6.17 Å². The molecule has 0 saturated heterocycles. The van der Waals surface area contributed by atoms with Crippen LogP contribution in [0.25, 0.3) is 0 Å². The van der Waals surface area contributed by atoms with Crippen molar-refractivity contribution >= 4 is 0 Å². The van der Waals surface area contributed by atoms with E-state index in [1.807, 2.05) is 24.3 Å². The molecule has 1 atom stereocenters. The smallest absolute Gasteiger partial charge is 0.122 e. The first-order valence-electron chi connectivity index (χ1n) is 4.47. The van der Waals surface area contributed by atoms with Gasteiger partial charge >= 0.3 is 0 Å². The minimum absolute atomic E-state index is 0.773. The van der Waals surface area contributed by atoms with Crippen LogP contribution in [0.5, 0.6) is 0 Å². The van der Waals surface area contributed by atoms with E-state index in [0.29, 0.717) is 0 Å². The summed E-state index contributed by atoms with van der Waals surface area (Å²) < 4.78 is 12.8. The lowest BCUT2D eigenvalue weighted by Crippen LogP contribution is -1.87. The van der Waals surface area contributed by atoms with Crippen LogP contribution in [0.4, 0.5) is 4.39 Å². The molecule has 1 unspecified atom stereocenters. The molecule has 0 heterocycles. The molecule has 0 spiro atoms. The maximum atomic E-state index is 12.8. The Morgan fingerprint density at radius 1 is 1.25 bits per heavy atom. The fourth-order valence-electron chi connectivity index (χ4n) is 1.24. The van der Waals surface area contributed by atoms with Crippen molar-refractivity contribution in [3.05, 3.63) is 35.4 Å². The summed E-state index contributed by atoms with van der Waals surface area (Å²) in [6.45, 7) is 3.71. The zero-order chi connectivity index (χ0) is 8.97. The van der Waals surface area contributed by atoms with Gasteiger partial charge < -0.3 is 0 Å². The largest absolute Gasteiger partial charge is 0.243 e. The second-order valence-electron chi connectivity index (χ2n) is 3.11. The van der Waals surface area contributed by atoms with Gasteiger partial charge in [0.25, 0.3) is 0 Å². The van der Waals surface area contributed by atoms with Gasteiger partial charge in [0.15, 0.2) is 0 Å². The molecule has 12 heavy (non-hydrogen) atoms. The Bertz CT molecular complexity index is 223. The third-order valence-electron chi connectivity index (χ3n) is 1.98. The predicted octanol–water partition coefficient (Wildman–Crippen LogP) is 3.67. The molecule has 0 bridgehead atoms. The van der Waals surface area contributed by atoms with Gasteiger partial charge in [-0.05, 0) is 24.5 Å². The Hall–Kier alpha value is -0.850. The third-order valence-corrected chi connectivity index (χ3v) is 1.98. The predicted molar refractivity (Wildman–Crippen MR) is 50.0 cm³/mol. The summed E-state index contributed by atoms with van der Waals surface area (Å²) in [5, 5.41) is 0. The van der Waals surface area contributed by atoms with E-state index in [0.717, 1.165) is 18.4 Å². The molecule has 0 aromatic heterocycles. The van der Waals surface area contributed by atoms with E-state index in [-0.39, 0.29) is 0 Å². The molecule has 66 valence electrons. The molecule has 0 N–H and O–H groups in total. The number of halogens is 1. The van der Waals surface area contributed by atoms with Crippen molar-refractivity contribution in [2.75, 3.05) is 0 Å². The van der Waals surface area contributed by atoms with E-state index in [1.54, 1.807) is 6.92 Å². The lowest BCUT2D eigenvalue weighted by Gasteiger charge is -2.03. The van der Waals surface area contributed by atoms with Crippen LogP contribution in [0.1, 0.15) is 37.6 Å². The minimum atomic E-state index is -0.847. The molecule has 0 aliphatic rings. The van der Waals surface area contributed by atoms with Gasteiger partial charge in [-0.15, -0.1) is 0 Å². The van der Waals surface area contributed by atoms with Gasteiger partial charge in [-0.3, -0.25) is 0 Å². The molecule has 0 fully saturated rings. The molecule has 1 aromatic carbocycles. The zero-order valence-corrected chi connectivity index (χ0v) is 7.68. The highest BCUT2D eigenvalue weighted by Gasteiger charge is 2.00. The number of benzene rings is 1. The molecule has 1 heteroatoms. The molecule has 0 aliphatic carbocycles. The summed E-state index contributed by atoms with van der Waals surface area (Å²) in [5.41, 5.74) is 2.07. The summed E-state index contributed by atoms with van der Waals surface area (Å²) >= 11 is 0. The average molecular weight is 166 g/mol. The van der Waals surface area contributed by atoms with Gasteiger partial charge in [0.2, 0.25) is 0 Å². The highest BCUT2D eigenvalue weighted by Crippen LogP contribution is 2.16. The van der Waals surface area contributed by atoms with Crippen molar-refractivity contribution in [2.45, 2.75) is 32.9 Å². The Kier molecular flexibility index (Phi) is 3.27. The molecule has 0 saturated carbocycles. The Labute approximate surface area is 73.4 Å². The standard InChI is InChI=1S/C11H15F/c1-3-4-10-5-7-11(8-6-10)9(2)12/h5-9H,3-4H2,1-2H3. The van der Waals surface area contributed by atoms with E-state index in [9.17, 15) is 4.39 Å². The first kappa shape index (κ1) is 9.24. The number of hydrogen-bond acceptors (Lipinski definition) is 0. The van der Waals surface area contributed by atoms with Crippen molar-refractivity contribution in [3.63, 3.8) is 0 Å². The molecule has 1 aromatic rings. The number of hydrogen-bond donors (Lipinski definition) is 0. The van der Waals surface area contributed by atoms with Gasteiger partial charge in [-0.1, -0.05) is 37.6 Å². The molecule has 0 radical (unpaired) electrons. The van der Waals surface area contributed by atoms with Crippen LogP contribution >= 0.6 is 0 Å². The van der Waals surface area contributed by atoms with Gasteiger partial charge in [0.1, 0.15) is 6.17 Å². The Morgan fingerprint density at radius 2 is 1.83 bits per heavy atom. The van der Waals surface area contributed by atoms with Gasteiger partial charge in [0.05, 0.1) is 0 Å². The Morgan fingerprint density at radius 3 is 2.25 bits per heavy atom. The van der Waals surface area contributed by atoms with E-state index >= 15 is 0 Å². The first-order chi connectivity index (χ1) is 5.74. The van der Waals surface area contributed by atoms with E-state index in [4.69, 9.17) is 0 Å². The first-order valence-corrected chi connectivity index (χ1v) is 4.47. The van der Waals surface area contributed by atoms with Crippen LogP contribution in [0.3, 0.4) is 0 Å². The van der Waals surface area contributed by atoms with Crippen LogP contribution in [-0.2, 0) is 6.42 Å². The molecule has 1 rings (SSSR count). The van der Waals surface area contributed by atoms with Gasteiger partial charge in [-0.25, -0.2) is 4.39 Å². The number of alkyl halides is 1. The second-order valence-corrected chi connectivity index (χ2v) is 3.11. The average Bonchev–Trinajstić information content (AvgIpc) is 2.06. The normalized spacial score (nSPS) is 12.9. The molecular weight excluding hydrogens is 151 g/mol. The molecular formula is C11H15F. The summed E-state index contributed by atoms with van der Waals surface area (Å²) in [6.07, 6.45) is 1.38. The number of aryl methyl sites for hydroxylation is 1. The SMILES string of the molecule is CCCc1ccc(C(C)F)cc1. The van der Waals surface area contributed by atoms with Crippen molar-refractivity contribution in [3.8, 4) is 0 Å². The van der Waals surface area contributed by atoms with E-state index in [1.165, 1.54) is 5.56 Å². The quantitative estimate of drug-likeness (QED) is 0.642. The molecule has 0 aliphatic heterocycles. The summed E-state index contributed by atoms with van der Waals surface area (Å²) in [6, 6.07) is 7.76. The van der Waals surface area contributed by atoms with Crippen LogP contribution in [0.15, 0.2) is 24.3 Å². The maximum absolute atomic E-state index is 12.8. The molecule has 0 amide bonds. The van der Waals surface area contributed by atoms with E-state index in [2.05, 4.69) is 6.92 Å². The summed E-state index contributed by atoms with van der Waals surface area (Å²) in [5.74, 6) is 0. The number of rotatable bonds is 3. The van der Waals surface area contributed by atoms with Crippen LogP contribution < -0.4 is 0 Å². The monoisotopic (exact) mass is 166 g/mol.